The van der Waals surface area contributed by atoms with Crippen molar-refractivity contribution in [2.24, 2.45) is 5.73 Å². The number of nitrogens with zero attached hydrogens (tertiary/aromatic N) is 2. The van der Waals surface area contributed by atoms with Crippen LogP contribution in [0.3, 0.4) is 0 Å². The summed E-state index contributed by atoms with van der Waals surface area (Å²) in [6.45, 7) is 4.07. The molecule has 2 rings (SSSR count). The highest BCUT2D eigenvalue weighted by atomic mass is 32.1. The van der Waals surface area contributed by atoms with E-state index in [0.29, 0.717) is 10.7 Å². The van der Waals surface area contributed by atoms with Gasteiger partial charge in [-0.3, -0.25) is 4.79 Å². The fourth-order valence-electron chi connectivity index (χ4n) is 1.81. The Balaban J connectivity index is 2.06. The van der Waals surface area contributed by atoms with Crippen LogP contribution in [0.1, 0.15) is 17.0 Å². The van der Waals surface area contributed by atoms with Gasteiger partial charge in [0, 0.05) is 16.9 Å². The maximum atomic E-state index is 12.0. The summed E-state index contributed by atoms with van der Waals surface area (Å²) in [5.74, 6) is -0.120. The molecule has 0 aliphatic heterocycles. The Bertz CT molecular complexity index is 663. The molecule has 0 atom stereocenters. The zero-order valence-electron chi connectivity index (χ0n) is 11.4. The molecule has 5 nitrogen and oxygen atoms in total. The number of amides is 1. The summed E-state index contributed by atoms with van der Waals surface area (Å²) >= 11 is 4.91. The van der Waals surface area contributed by atoms with Crippen molar-refractivity contribution in [2.45, 2.75) is 20.4 Å². The van der Waals surface area contributed by atoms with Gasteiger partial charge in [-0.1, -0.05) is 24.4 Å². The molecule has 0 fully saturated rings. The third-order valence-corrected chi connectivity index (χ3v) is 3.33. The Labute approximate surface area is 122 Å². The van der Waals surface area contributed by atoms with E-state index in [9.17, 15) is 4.79 Å². The summed E-state index contributed by atoms with van der Waals surface area (Å²) < 4.78 is 1.81. The molecule has 2 aromatic rings. The molecule has 1 aromatic heterocycles. The normalized spacial score (nSPS) is 10.3. The van der Waals surface area contributed by atoms with E-state index in [4.69, 9.17) is 18.0 Å². The minimum Gasteiger partial charge on any atom is -0.389 e. The Morgan fingerprint density at radius 1 is 1.45 bits per heavy atom. The van der Waals surface area contributed by atoms with Gasteiger partial charge >= 0.3 is 0 Å². The number of aryl methyl sites for hydroxylation is 1. The topological polar surface area (TPSA) is 72.9 Å². The second-order valence-corrected chi connectivity index (χ2v) is 4.98. The fraction of sp³-hybridized carbons (Fsp3) is 0.214. The molecule has 0 unspecified atom stereocenters. The lowest BCUT2D eigenvalue weighted by Gasteiger charge is -2.08. The van der Waals surface area contributed by atoms with Crippen molar-refractivity contribution in [3.05, 3.63) is 47.5 Å². The summed E-state index contributed by atoms with van der Waals surface area (Å²) in [6, 6.07) is 7.16. The van der Waals surface area contributed by atoms with E-state index in [1.165, 1.54) is 0 Å². The fourth-order valence-corrected chi connectivity index (χ4v) is 1.94. The first-order valence-corrected chi connectivity index (χ1v) is 6.56. The van der Waals surface area contributed by atoms with Gasteiger partial charge in [-0.15, -0.1) is 0 Å². The van der Waals surface area contributed by atoms with Crippen LogP contribution in [0.5, 0.6) is 0 Å². The van der Waals surface area contributed by atoms with Crippen molar-refractivity contribution in [1.82, 2.24) is 9.55 Å². The van der Waals surface area contributed by atoms with Gasteiger partial charge in [0.2, 0.25) is 5.91 Å². The van der Waals surface area contributed by atoms with Crippen LogP contribution in [0.4, 0.5) is 5.69 Å². The van der Waals surface area contributed by atoms with Gasteiger partial charge < -0.3 is 15.6 Å². The number of nitrogens with two attached hydrogens (primary N) is 1. The minimum atomic E-state index is -0.120. The van der Waals surface area contributed by atoms with Crippen molar-refractivity contribution >= 4 is 28.8 Å². The Morgan fingerprint density at radius 2 is 2.20 bits per heavy atom. The highest BCUT2D eigenvalue weighted by molar-refractivity contribution is 7.80. The molecule has 104 valence electrons. The van der Waals surface area contributed by atoms with E-state index in [1.807, 2.05) is 18.4 Å². The molecular weight excluding hydrogens is 272 g/mol. The molecule has 0 saturated heterocycles. The summed E-state index contributed by atoms with van der Waals surface area (Å²) in [6.07, 6.45) is 1.66. The number of thiocarbonyl (C=S) groups is 1. The number of hydrogen-bond donors (Lipinski definition) is 2. The summed E-state index contributed by atoms with van der Waals surface area (Å²) in [5, 5.41) is 2.82. The van der Waals surface area contributed by atoms with Crippen molar-refractivity contribution in [3.8, 4) is 0 Å². The Hall–Kier alpha value is -2.21. The number of aromatic nitrogens is 2. The van der Waals surface area contributed by atoms with Crippen LogP contribution in [0, 0.1) is 13.8 Å². The van der Waals surface area contributed by atoms with Crippen LogP contribution in [-0.4, -0.2) is 20.4 Å². The van der Waals surface area contributed by atoms with E-state index in [0.717, 1.165) is 17.0 Å². The average molecular weight is 288 g/mol. The lowest BCUT2D eigenvalue weighted by atomic mass is 10.2. The highest BCUT2D eigenvalue weighted by Crippen LogP contribution is 2.11. The third-order valence-electron chi connectivity index (χ3n) is 3.09. The largest absolute Gasteiger partial charge is 0.389 e. The predicted molar refractivity (Wildman–Crippen MR) is 82.7 cm³/mol. The smallest absolute Gasteiger partial charge is 0.244 e. The molecule has 0 aliphatic rings. The number of carbonyl (C=O) groups excluding carboxylic acids is 1. The Kier molecular flexibility index (Phi) is 4.14. The highest BCUT2D eigenvalue weighted by Gasteiger charge is 2.08. The monoisotopic (exact) mass is 288 g/mol. The molecule has 3 N–H and O–H groups in total. The molecule has 0 aliphatic carbocycles. The van der Waals surface area contributed by atoms with Crippen LogP contribution in [-0.2, 0) is 11.3 Å². The summed E-state index contributed by atoms with van der Waals surface area (Å²) in [5.41, 5.74) is 8.88. The van der Waals surface area contributed by atoms with Crippen molar-refractivity contribution in [1.29, 1.82) is 0 Å². The van der Waals surface area contributed by atoms with Crippen molar-refractivity contribution < 1.29 is 4.79 Å². The van der Waals surface area contributed by atoms with Crippen LogP contribution < -0.4 is 11.1 Å². The van der Waals surface area contributed by atoms with Gasteiger partial charge in [0.1, 0.15) is 11.5 Å². The van der Waals surface area contributed by atoms with Gasteiger partial charge in [-0.25, -0.2) is 4.98 Å². The molecule has 0 spiro atoms. The SMILES string of the molecule is Cc1ncn(CC(=O)Nc2cccc(C(N)=S)c2)c1C. The molecule has 6 heteroatoms. The van der Waals surface area contributed by atoms with E-state index < -0.39 is 0 Å². The van der Waals surface area contributed by atoms with Crippen LogP contribution >= 0.6 is 12.2 Å². The maximum absolute atomic E-state index is 12.0. The van der Waals surface area contributed by atoms with Gasteiger partial charge in [-0.2, -0.15) is 0 Å². The lowest BCUT2D eigenvalue weighted by molar-refractivity contribution is -0.116. The van der Waals surface area contributed by atoms with E-state index in [-0.39, 0.29) is 12.5 Å². The summed E-state index contributed by atoms with van der Waals surface area (Å²) in [7, 11) is 0. The van der Waals surface area contributed by atoms with Crippen LogP contribution in [0.2, 0.25) is 0 Å². The zero-order valence-corrected chi connectivity index (χ0v) is 12.2. The number of anilines is 1. The number of imidazole rings is 1. The first kappa shape index (κ1) is 14.2. The maximum Gasteiger partial charge on any atom is 0.244 e. The second kappa shape index (κ2) is 5.83. The molecular formula is C14H16N4OS. The quantitative estimate of drug-likeness (QED) is 0.841. The van der Waals surface area contributed by atoms with Gasteiger partial charge in [0.05, 0.1) is 12.0 Å². The van der Waals surface area contributed by atoms with Crippen molar-refractivity contribution in [2.75, 3.05) is 5.32 Å². The third kappa shape index (κ3) is 3.21. The van der Waals surface area contributed by atoms with Gasteiger partial charge in [-0.05, 0) is 26.0 Å². The van der Waals surface area contributed by atoms with Crippen molar-refractivity contribution in [3.63, 3.8) is 0 Å². The molecule has 1 amide bonds. The first-order valence-electron chi connectivity index (χ1n) is 6.15. The second-order valence-electron chi connectivity index (χ2n) is 4.54. The van der Waals surface area contributed by atoms with E-state index in [2.05, 4.69) is 10.3 Å². The first-order chi connectivity index (χ1) is 9.47. The van der Waals surface area contributed by atoms with Crippen LogP contribution in [0.15, 0.2) is 30.6 Å². The number of rotatable bonds is 4. The molecule has 1 aromatic carbocycles. The van der Waals surface area contributed by atoms with Gasteiger partial charge in [0.25, 0.3) is 0 Å². The predicted octanol–water partition coefficient (Wildman–Crippen LogP) is 1.77. The number of benzene rings is 1. The standard InChI is InChI=1S/C14H16N4OS/c1-9-10(2)18(8-16-9)7-13(19)17-12-5-3-4-11(6-12)14(15)20/h3-6,8H,7H2,1-2H3,(H2,15,20)(H,17,19). The number of nitrogens with one attached hydrogen (secondary N) is 1. The van der Waals surface area contributed by atoms with E-state index in [1.54, 1.807) is 30.6 Å². The van der Waals surface area contributed by atoms with E-state index >= 15 is 0 Å². The molecule has 20 heavy (non-hydrogen) atoms. The summed E-state index contributed by atoms with van der Waals surface area (Å²) in [4.78, 5) is 16.5. The minimum absolute atomic E-state index is 0.120. The van der Waals surface area contributed by atoms with Crippen LogP contribution in [0.25, 0.3) is 0 Å². The Morgan fingerprint density at radius 3 is 2.80 bits per heavy atom. The zero-order chi connectivity index (χ0) is 14.7. The molecule has 0 bridgehead atoms. The molecule has 0 radical (unpaired) electrons. The lowest BCUT2D eigenvalue weighted by Crippen LogP contribution is -2.19. The number of carbonyl (C=O) groups is 1. The number of hydrogen-bond acceptors (Lipinski definition) is 3. The molecule has 1 heterocycles. The average Bonchev–Trinajstić information content (AvgIpc) is 2.71. The molecule has 0 saturated carbocycles. The van der Waals surface area contributed by atoms with Gasteiger partial charge in [0.15, 0.2) is 0 Å².